The van der Waals surface area contributed by atoms with E-state index in [1.54, 1.807) is 12.1 Å². The summed E-state index contributed by atoms with van der Waals surface area (Å²) in [5.74, 6) is 0. The van der Waals surface area contributed by atoms with Crippen molar-refractivity contribution in [1.29, 1.82) is 0 Å². The molecule has 0 fully saturated rings. The molecule has 1 aliphatic rings. The van der Waals surface area contributed by atoms with Crippen molar-refractivity contribution in [2.45, 2.75) is 72.2 Å². The van der Waals surface area contributed by atoms with Gasteiger partial charge in [-0.25, -0.2) is 0 Å². The van der Waals surface area contributed by atoms with Gasteiger partial charge in [-0.3, -0.25) is 0 Å². The Morgan fingerprint density at radius 3 is 2.14 bits per heavy atom. The van der Waals surface area contributed by atoms with Gasteiger partial charge in [0.05, 0.1) is 6.42 Å². The van der Waals surface area contributed by atoms with Crippen LogP contribution in [0.4, 0.5) is 13.2 Å². The molecule has 35 heavy (non-hydrogen) atoms. The first-order valence-corrected chi connectivity index (χ1v) is 12.6. The Kier molecular flexibility index (Phi) is 9.26. The summed E-state index contributed by atoms with van der Waals surface area (Å²) in [6.07, 6.45) is 1.97. The van der Waals surface area contributed by atoms with Crippen LogP contribution in [0.3, 0.4) is 0 Å². The van der Waals surface area contributed by atoms with Crippen molar-refractivity contribution in [3.63, 3.8) is 0 Å². The molecule has 1 heterocycles. The zero-order valence-electron chi connectivity index (χ0n) is 22.0. The van der Waals surface area contributed by atoms with Gasteiger partial charge in [-0.05, 0) is 52.5 Å². The number of halogens is 3. The van der Waals surface area contributed by atoms with Crippen LogP contribution in [0.25, 0.3) is 5.57 Å². The number of allylic oxidation sites excluding steroid dienone is 3. The van der Waals surface area contributed by atoms with E-state index in [4.69, 9.17) is 0 Å². The van der Waals surface area contributed by atoms with E-state index in [-0.39, 0.29) is 21.6 Å². The monoisotopic (exact) mass is 505 g/mol. The molecule has 0 saturated heterocycles. The summed E-state index contributed by atoms with van der Waals surface area (Å²) in [5.41, 5.74) is 3.03. The third-order valence-electron chi connectivity index (χ3n) is 5.43. The van der Waals surface area contributed by atoms with Crippen molar-refractivity contribution in [3.8, 4) is 0 Å². The van der Waals surface area contributed by atoms with Crippen LogP contribution in [0, 0.1) is 10.8 Å². The highest BCUT2D eigenvalue weighted by Gasteiger charge is 2.32. The molecular weight excluding hydrogens is 467 g/mol. The summed E-state index contributed by atoms with van der Waals surface area (Å²) in [4.78, 5) is 1.86. The molecule has 0 bridgehead atoms. The highest BCUT2D eigenvalue weighted by Crippen LogP contribution is 2.39. The van der Waals surface area contributed by atoms with Gasteiger partial charge >= 0.3 is 6.18 Å². The molecule has 0 N–H and O–H groups in total. The number of hydrogen-bond acceptors (Lipinski definition) is 4. The average Bonchev–Trinajstić information content (AvgIpc) is 2.66. The Morgan fingerprint density at radius 1 is 1.06 bits per heavy atom. The van der Waals surface area contributed by atoms with Gasteiger partial charge in [0.1, 0.15) is 5.04 Å². The van der Waals surface area contributed by atoms with E-state index in [0.29, 0.717) is 16.2 Å². The molecule has 7 heteroatoms. The smallest absolute Gasteiger partial charge is 0.351 e. The second-order valence-corrected chi connectivity index (χ2v) is 12.8. The lowest BCUT2D eigenvalue weighted by molar-refractivity contribution is -0.127. The molecule has 0 spiro atoms. The Hall–Kier alpha value is -2.28. The average molecular weight is 506 g/mol. The topological polar surface area (TPSA) is 28.0 Å². The lowest BCUT2D eigenvalue weighted by Crippen LogP contribution is -2.23. The van der Waals surface area contributed by atoms with Gasteiger partial charge in [0.15, 0.2) is 0 Å². The van der Waals surface area contributed by atoms with Crippen molar-refractivity contribution < 1.29 is 13.2 Å². The maximum absolute atomic E-state index is 13.6. The van der Waals surface area contributed by atoms with Crippen molar-refractivity contribution in [2.24, 2.45) is 21.0 Å². The SMILES string of the molecule is C=N/N=C(\SC(CC(C)(C)C)CC(C)(C)C)c1ccc(C2=CC(=C)N(C)C=C2)cc1CC(F)(F)F. The summed E-state index contributed by atoms with van der Waals surface area (Å²) in [6.45, 7) is 20.5. The standard InChI is InChI=1S/C28H38F3N3S/c1-19-14-21(12-13-34(19)9)20-10-11-24(22(15-20)16-28(29,30)31)25(33-32-8)35-23(17-26(2,3)4)18-27(5,6)7/h10-15,23H,1,8,16-18H2,2-7,9H3/b33-25-. The normalized spacial score (nSPS) is 15.6. The molecular formula is C28H38F3N3S. The van der Waals surface area contributed by atoms with Gasteiger partial charge in [-0.15, -0.1) is 16.9 Å². The fourth-order valence-corrected chi connectivity index (χ4v) is 5.94. The van der Waals surface area contributed by atoms with Gasteiger partial charge in [0.25, 0.3) is 0 Å². The first kappa shape index (κ1) is 29.0. The van der Waals surface area contributed by atoms with Crippen LogP contribution < -0.4 is 0 Å². The largest absolute Gasteiger partial charge is 0.393 e. The van der Waals surface area contributed by atoms with E-state index in [1.165, 1.54) is 11.8 Å². The molecule has 2 rings (SSSR count). The molecule has 0 unspecified atom stereocenters. The van der Waals surface area contributed by atoms with Crippen molar-refractivity contribution in [1.82, 2.24) is 4.90 Å². The van der Waals surface area contributed by atoms with E-state index in [9.17, 15) is 13.2 Å². The predicted molar refractivity (Wildman–Crippen MR) is 146 cm³/mol. The second-order valence-electron chi connectivity index (χ2n) is 11.5. The Labute approximate surface area is 213 Å². The number of likely N-dealkylation sites (N-methyl/N-ethyl adjacent to an activating group) is 1. The minimum atomic E-state index is -4.36. The minimum absolute atomic E-state index is 0.0592. The Balaban J connectivity index is 2.54. The van der Waals surface area contributed by atoms with E-state index in [0.717, 1.165) is 24.1 Å². The summed E-state index contributed by atoms with van der Waals surface area (Å²) >= 11 is 1.50. The molecule has 0 amide bonds. The van der Waals surface area contributed by atoms with Crippen LogP contribution >= 0.6 is 11.8 Å². The van der Waals surface area contributed by atoms with Gasteiger partial charge in [0, 0.05) is 36.5 Å². The van der Waals surface area contributed by atoms with Crippen LogP contribution in [0.15, 0.2) is 59.0 Å². The lowest BCUT2D eigenvalue weighted by atomic mass is 9.83. The van der Waals surface area contributed by atoms with Crippen molar-refractivity contribution in [2.75, 3.05) is 7.05 Å². The van der Waals surface area contributed by atoms with Gasteiger partial charge in [-0.2, -0.15) is 18.3 Å². The number of hydrogen-bond donors (Lipinski definition) is 0. The van der Waals surface area contributed by atoms with Gasteiger partial charge in [-0.1, -0.05) is 66.3 Å². The highest BCUT2D eigenvalue weighted by molar-refractivity contribution is 8.15. The molecule has 0 atom stereocenters. The number of alkyl halides is 3. The first-order chi connectivity index (χ1) is 16.0. The maximum atomic E-state index is 13.6. The summed E-state index contributed by atoms with van der Waals surface area (Å²) < 4.78 is 40.9. The van der Waals surface area contributed by atoms with Crippen LogP contribution in [-0.4, -0.2) is 35.1 Å². The molecule has 1 aliphatic heterocycles. The van der Waals surface area contributed by atoms with E-state index >= 15 is 0 Å². The molecule has 0 saturated carbocycles. The number of rotatable bonds is 7. The molecule has 192 valence electrons. The lowest BCUT2D eigenvalue weighted by Gasteiger charge is -2.31. The van der Waals surface area contributed by atoms with E-state index in [1.807, 2.05) is 36.4 Å². The molecule has 1 aromatic carbocycles. The minimum Gasteiger partial charge on any atom is -0.351 e. The summed E-state index contributed by atoms with van der Waals surface area (Å²) in [5, 5.41) is 8.59. The number of benzene rings is 1. The van der Waals surface area contributed by atoms with E-state index in [2.05, 4.69) is 65.0 Å². The maximum Gasteiger partial charge on any atom is 0.393 e. The van der Waals surface area contributed by atoms with E-state index < -0.39 is 12.6 Å². The van der Waals surface area contributed by atoms with Gasteiger partial charge in [0.2, 0.25) is 0 Å². The van der Waals surface area contributed by atoms with Gasteiger partial charge < -0.3 is 4.90 Å². The number of thioether (sulfide) groups is 1. The Morgan fingerprint density at radius 2 is 1.66 bits per heavy atom. The predicted octanol–water partition coefficient (Wildman–Crippen LogP) is 8.48. The molecule has 3 nitrogen and oxygen atoms in total. The molecule has 0 aromatic heterocycles. The molecule has 0 radical (unpaired) electrons. The fourth-order valence-electron chi connectivity index (χ4n) is 4.03. The van der Waals surface area contributed by atoms with Crippen LogP contribution in [0.5, 0.6) is 0 Å². The molecule has 1 aromatic rings. The van der Waals surface area contributed by atoms with Crippen molar-refractivity contribution in [3.05, 3.63) is 65.5 Å². The zero-order valence-corrected chi connectivity index (χ0v) is 22.8. The second kappa shape index (κ2) is 11.2. The van der Waals surface area contributed by atoms with Crippen LogP contribution in [-0.2, 0) is 6.42 Å². The Bertz CT molecular complexity index is 1010. The first-order valence-electron chi connectivity index (χ1n) is 11.7. The van der Waals surface area contributed by atoms with Crippen LogP contribution in [0.2, 0.25) is 0 Å². The van der Waals surface area contributed by atoms with Crippen molar-refractivity contribution >= 4 is 29.1 Å². The summed E-state index contributed by atoms with van der Waals surface area (Å²) in [7, 11) is 1.87. The number of nitrogens with zero attached hydrogens (tertiary/aromatic N) is 3. The highest BCUT2D eigenvalue weighted by atomic mass is 32.2. The third-order valence-corrected chi connectivity index (χ3v) is 6.62. The third kappa shape index (κ3) is 9.71. The quantitative estimate of drug-likeness (QED) is 0.211. The zero-order chi connectivity index (χ0) is 26.6. The summed E-state index contributed by atoms with van der Waals surface area (Å²) in [6, 6.07) is 5.18. The van der Waals surface area contributed by atoms with Crippen LogP contribution in [0.1, 0.15) is 71.1 Å². The fraction of sp³-hybridized carbons (Fsp3) is 0.500. The molecule has 0 aliphatic carbocycles.